The van der Waals surface area contributed by atoms with Crippen molar-refractivity contribution in [3.63, 3.8) is 0 Å². The van der Waals surface area contributed by atoms with Crippen molar-refractivity contribution >= 4 is 17.3 Å². The normalized spacial score (nSPS) is 13.0. The van der Waals surface area contributed by atoms with Crippen molar-refractivity contribution in [1.82, 2.24) is 4.98 Å². The molecule has 1 aromatic heterocycles. The van der Waals surface area contributed by atoms with Crippen LogP contribution in [-0.2, 0) is 24.1 Å². The number of carbonyl (C=O) groups excluding carboxylic acids is 1. The van der Waals surface area contributed by atoms with E-state index in [1.165, 1.54) is 17.5 Å². The summed E-state index contributed by atoms with van der Waals surface area (Å²) in [6, 6.07) is 9.69. The van der Waals surface area contributed by atoms with E-state index in [0.717, 1.165) is 24.2 Å². The van der Waals surface area contributed by atoms with Gasteiger partial charge in [0, 0.05) is 11.4 Å². The van der Waals surface area contributed by atoms with E-state index in [1.54, 1.807) is 18.3 Å². The summed E-state index contributed by atoms with van der Waals surface area (Å²) < 4.78 is 0. The first-order valence-electron chi connectivity index (χ1n) is 6.83. The zero-order valence-electron chi connectivity index (χ0n) is 11.2. The topological polar surface area (TPSA) is 68.0 Å². The van der Waals surface area contributed by atoms with E-state index in [2.05, 4.69) is 22.4 Å². The fourth-order valence-electron chi connectivity index (χ4n) is 2.56. The van der Waals surface area contributed by atoms with E-state index >= 15 is 0 Å². The largest absolute Gasteiger partial charge is 0.397 e. The molecule has 3 N–H and O–H groups in total. The molecule has 1 aromatic carbocycles. The molecule has 0 radical (unpaired) electrons. The van der Waals surface area contributed by atoms with Gasteiger partial charge in [-0.2, -0.15) is 0 Å². The molecule has 1 heterocycles. The highest BCUT2D eigenvalue weighted by Gasteiger charge is 2.12. The van der Waals surface area contributed by atoms with E-state index in [-0.39, 0.29) is 12.3 Å². The average Bonchev–Trinajstić information content (AvgIpc) is 2.89. The van der Waals surface area contributed by atoms with E-state index in [1.807, 2.05) is 6.07 Å². The highest BCUT2D eigenvalue weighted by atomic mass is 16.1. The number of hydrogen-bond acceptors (Lipinski definition) is 3. The van der Waals surface area contributed by atoms with Crippen LogP contribution in [-0.4, -0.2) is 10.9 Å². The van der Waals surface area contributed by atoms with Crippen LogP contribution in [0.2, 0.25) is 0 Å². The van der Waals surface area contributed by atoms with Gasteiger partial charge in [0.25, 0.3) is 0 Å². The molecule has 1 amide bonds. The Balaban J connectivity index is 1.65. The lowest BCUT2D eigenvalue weighted by Crippen LogP contribution is -2.15. The lowest BCUT2D eigenvalue weighted by molar-refractivity contribution is -0.115. The molecule has 1 aliphatic carbocycles. The summed E-state index contributed by atoms with van der Waals surface area (Å²) in [7, 11) is 0. The number of aryl methyl sites for hydroxylation is 2. The summed E-state index contributed by atoms with van der Waals surface area (Å²) in [5.74, 6) is -0.0554. The summed E-state index contributed by atoms with van der Waals surface area (Å²) in [6.07, 6.45) is 5.30. The van der Waals surface area contributed by atoms with Gasteiger partial charge in [-0.05, 0) is 54.7 Å². The molecule has 0 bridgehead atoms. The number of pyridine rings is 1. The quantitative estimate of drug-likeness (QED) is 0.896. The standard InChI is InChI=1S/C16H17N3O/c17-13-5-7-14(18-10-13)9-16(20)19-15-6-4-11-2-1-3-12(11)8-15/h4-8,10H,1-3,9,17H2,(H,19,20). The maximum Gasteiger partial charge on any atom is 0.230 e. The Bertz CT molecular complexity index is 635. The van der Waals surface area contributed by atoms with E-state index < -0.39 is 0 Å². The lowest BCUT2D eigenvalue weighted by Gasteiger charge is -2.07. The fourth-order valence-corrected chi connectivity index (χ4v) is 2.56. The van der Waals surface area contributed by atoms with Gasteiger partial charge < -0.3 is 11.1 Å². The number of nitrogen functional groups attached to an aromatic ring is 1. The van der Waals surface area contributed by atoms with Gasteiger partial charge in [0.05, 0.1) is 18.3 Å². The molecule has 20 heavy (non-hydrogen) atoms. The van der Waals surface area contributed by atoms with Gasteiger partial charge in [0.2, 0.25) is 5.91 Å². The van der Waals surface area contributed by atoms with Crippen molar-refractivity contribution in [1.29, 1.82) is 0 Å². The van der Waals surface area contributed by atoms with Crippen LogP contribution < -0.4 is 11.1 Å². The van der Waals surface area contributed by atoms with Crippen LogP contribution in [0.15, 0.2) is 36.5 Å². The minimum Gasteiger partial charge on any atom is -0.397 e. The first-order chi connectivity index (χ1) is 9.70. The second kappa shape index (κ2) is 5.33. The molecule has 4 nitrogen and oxygen atoms in total. The van der Waals surface area contributed by atoms with Crippen LogP contribution in [0.4, 0.5) is 11.4 Å². The Hall–Kier alpha value is -2.36. The number of anilines is 2. The van der Waals surface area contributed by atoms with Gasteiger partial charge in [-0.3, -0.25) is 9.78 Å². The summed E-state index contributed by atoms with van der Waals surface area (Å²) in [5, 5.41) is 2.92. The molecule has 0 unspecified atom stereocenters. The van der Waals surface area contributed by atoms with E-state index in [9.17, 15) is 4.79 Å². The van der Waals surface area contributed by atoms with Gasteiger partial charge in [-0.25, -0.2) is 0 Å². The minimum atomic E-state index is -0.0554. The first kappa shape index (κ1) is 12.7. The van der Waals surface area contributed by atoms with Gasteiger partial charge in [0.1, 0.15) is 0 Å². The Morgan fingerprint density at radius 1 is 1.20 bits per heavy atom. The maximum absolute atomic E-state index is 12.0. The number of amides is 1. The Morgan fingerprint density at radius 3 is 2.85 bits per heavy atom. The number of fused-ring (bicyclic) bond motifs is 1. The molecular weight excluding hydrogens is 250 g/mol. The third kappa shape index (κ3) is 2.79. The van der Waals surface area contributed by atoms with Gasteiger partial charge >= 0.3 is 0 Å². The van der Waals surface area contributed by atoms with E-state index in [4.69, 9.17) is 5.73 Å². The molecule has 0 fully saturated rings. The smallest absolute Gasteiger partial charge is 0.230 e. The molecule has 0 atom stereocenters. The Labute approximate surface area is 118 Å². The Morgan fingerprint density at radius 2 is 2.05 bits per heavy atom. The van der Waals surface area contributed by atoms with Gasteiger partial charge in [-0.15, -0.1) is 0 Å². The molecule has 0 aliphatic heterocycles. The second-order valence-corrected chi connectivity index (χ2v) is 5.14. The molecule has 4 heteroatoms. The highest BCUT2D eigenvalue weighted by Crippen LogP contribution is 2.24. The van der Waals surface area contributed by atoms with Gasteiger partial charge in [0.15, 0.2) is 0 Å². The minimum absolute atomic E-state index is 0.0554. The molecule has 2 aromatic rings. The predicted molar refractivity (Wildman–Crippen MR) is 79.5 cm³/mol. The molecule has 0 saturated carbocycles. The molecule has 0 saturated heterocycles. The van der Waals surface area contributed by atoms with Crippen molar-refractivity contribution in [2.75, 3.05) is 11.1 Å². The van der Waals surface area contributed by atoms with Crippen molar-refractivity contribution in [2.24, 2.45) is 0 Å². The van der Waals surface area contributed by atoms with Gasteiger partial charge in [-0.1, -0.05) is 6.07 Å². The zero-order chi connectivity index (χ0) is 13.9. The van der Waals surface area contributed by atoms with Crippen molar-refractivity contribution < 1.29 is 4.79 Å². The van der Waals surface area contributed by atoms with Crippen LogP contribution in [0.1, 0.15) is 23.2 Å². The molecule has 1 aliphatic rings. The predicted octanol–water partition coefficient (Wildman–Crippen LogP) is 2.33. The first-order valence-corrected chi connectivity index (χ1v) is 6.83. The number of aromatic nitrogens is 1. The number of nitrogens with zero attached hydrogens (tertiary/aromatic N) is 1. The van der Waals surface area contributed by atoms with E-state index in [0.29, 0.717) is 5.69 Å². The number of rotatable bonds is 3. The molecule has 0 spiro atoms. The van der Waals surface area contributed by atoms with Crippen LogP contribution in [0.5, 0.6) is 0 Å². The van der Waals surface area contributed by atoms with Crippen LogP contribution in [0.3, 0.4) is 0 Å². The third-order valence-electron chi connectivity index (χ3n) is 3.57. The number of hydrogen-bond donors (Lipinski definition) is 2. The molecule has 102 valence electrons. The number of carbonyl (C=O) groups is 1. The van der Waals surface area contributed by atoms with Crippen LogP contribution in [0, 0.1) is 0 Å². The SMILES string of the molecule is Nc1ccc(CC(=O)Nc2ccc3c(c2)CCC3)nc1. The van der Waals surface area contributed by atoms with Crippen LogP contribution >= 0.6 is 0 Å². The lowest BCUT2D eigenvalue weighted by atomic mass is 10.1. The van der Waals surface area contributed by atoms with Crippen molar-refractivity contribution in [3.05, 3.63) is 53.3 Å². The monoisotopic (exact) mass is 267 g/mol. The molecule has 3 rings (SSSR count). The third-order valence-corrected chi connectivity index (χ3v) is 3.57. The number of nitrogens with two attached hydrogens (primary N) is 1. The fraction of sp³-hybridized carbons (Fsp3) is 0.250. The van der Waals surface area contributed by atoms with Crippen molar-refractivity contribution in [3.8, 4) is 0 Å². The summed E-state index contributed by atoms with van der Waals surface area (Å²) >= 11 is 0. The zero-order valence-corrected chi connectivity index (χ0v) is 11.2. The number of benzene rings is 1. The summed E-state index contributed by atoms with van der Waals surface area (Å²) in [6.45, 7) is 0. The van der Waals surface area contributed by atoms with Crippen molar-refractivity contribution in [2.45, 2.75) is 25.7 Å². The second-order valence-electron chi connectivity index (χ2n) is 5.14. The maximum atomic E-state index is 12.0. The highest BCUT2D eigenvalue weighted by molar-refractivity contribution is 5.92. The average molecular weight is 267 g/mol. The molecular formula is C16H17N3O. The summed E-state index contributed by atoms with van der Waals surface area (Å²) in [4.78, 5) is 16.1. The Kier molecular flexibility index (Phi) is 3.37. The number of nitrogens with one attached hydrogen (secondary N) is 1. The summed E-state index contributed by atoms with van der Waals surface area (Å²) in [5.41, 5.74) is 10.5. The van der Waals surface area contributed by atoms with Crippen LogP contribution in [0.25, 0.3) is 0 Å².